The van der Waals surface area contributed by atoms with Crippen LogP contribution in [0.1, 0.15) is 34.6 Å². The van der Waals surface area contributed by atoms with E-state index in [-0.39, 0.29) is 11.5 Å². The molecule has 0 unspecified atom stereocenters. The molecule has 0 aliphatic rings. The van der Waals surface area contributed by atoms with E-state index in [0.717, 1.165) is 0 Å². The molecule has 0 radical (unpaired) electrons. The molecule has 4 rings (SSSR count). The molecule has 2 amide bonds. The molecule has 37 heavy (non-hydrogen) atoms. The first-order valence-corrected chi connectivity index (χ1v) is 11.7. The lowest BCUT2D eigenvalue weighted by Crippen LogP contribution is -2.33. The van der Waals surface area contributed by atoms with E-state index < -0.39 is 18.6 Å². The van der Waals surface area contributed by atoms with E-state index in [1.165, 1.54) is 10.6 Å². The number of halogens is 3. The Labute approximate surface area is 211 Å². The quantitative estimate of drug-likeness (QED) is 0.351. The minimum absolute atomic E-state index is 0.0395. The fraction of sp³-hybridized carbons (Fsp3) is 0.231. The van der Waals surface area contributed by atoms with E-state index in [0.29, 0.717) is 47.1 Å². The summed E-state index contributed by atoms with van der Waals surface area (Å²) in [5, 5.41) is 9.43. The number of alkyl halides is 3. The van der Waals surface area contributed by atoms with Crippen LogP contribution in [0.2, 0.25) is 0 Å². The van der Waals surface area contributed by atoms with Crippen LogP contribution in [0.15, 0.2) is 66.9 Å². The largest absolute Gasteiger partial charge is 0.405 e. The van der Waals surface area contributed by atoms with Gasteiger partial charge >= 0.3 is 6.18 Å². The van der Waals surface area contributed by atoms with Gasteiger partial charge in [-0.25, -0.2) is 4.52 Å². The van der Waals surface area contributed by atoms with Crippen LogP contribution >= 0.6 is 0 Å². The minimum Gasteiger partial charge on any atom is -0.343 e. The first-order chi connectivity index (χ1) is 17.7. The third-order valence-electron chi connectivity index (χ3n) is 5.70. The summed E-state index contributed by atoms with van der Waals surface area (Å²) in [6.45, 7) is 3.70. The van der Waals surface area contributed by atoms with Crippen LogP contribution in [0, 0.1) is 0 Å². The van der Waals surface area contributed by atoms with Crippen LogP contribution in [-0.2, 0) is 0 Å². The van der Waals surface area contributed by atoms with Crippen LogP contribution in [0.5, 0.6) is 0 Å². The highest BCUT2D eigenvalue weighted by molar-refractivity contribution is 6.01. The van der Waals surface area contributed by atoms with E-state index >= 15 is 0 Å². The lowest BCUT2D eigenvalue weighted by Gasteiger charge is -2.18. The molecule has 0 aliphatic carbocycles. The van der Waals surface area contributed by atoms with Gasteiger partial charge in [-0.2, -0.15) is 18.2 Å². The fourth-order valence-electron chi connectivity index (χ4n) is 3.82. The Morgan fingerprint density at radius 3 is 2.35 bits per heavy atom. The first kappa shape index (κ1) is 25.7. The second kappa shape index (κ2) is 10.7. The van der Waals surface area contributed by atoms with Crippen molar-refractivity contribution in [2.45, 2.75) is 20.0 Å². The zero-order valence-corrected chi connectivity index (χ0v) is 20.2. The van der Waals surface area contributed by atoms with Crippen molar-refractivity contribution in [2.75, 3.05) is 25.0 Å². The van der Waals surface area contributed by atoms with Crippen molar-refractivity contribution < 1.29 is 22.8 Å². The number of benzene rings is 2. The number of carbonyl (C=O) groups excluding carboxylic acids is 2. The zero-order valence-electron chi connectivity index (χ0n) is 20.2. The second-order valence-electron chi connectivity index (χ2n) is 8.18. The number of anilines is 2. The molecule has 0 bridgehead atoms. The lowest BCUT2D eigenvalue weighted by atomic mass is 10.0. The molecule has 2 N–H and O–H groups in total. The molecule has 0 saturated heterocycles. The van der Waals surface area contributed by atoms with Gasteiger partial charge in [-0.3, -0.25) is 9.59 Å². The molecule has 2 heterocycles. The topological polar surface area (TPSA) is 91.6 Å². The highest BCUT2D eigenvalue weighted by atomic mass is 19.4. The van der Waals surface area contributed by atoms with Gasteiger partial charge < -0.3 is 15.5 Å². The summed E-state index contributed by atoms with van der Waals surface area (Å²) in [6, 6.07) is 16.8. The normalized spacial score (nSPS) is 11.4. The third-order valence-corrected chi connectivity index (χ3v) is 5.70. The summed E-state index contributed by atoms with van der Waals surface area (Å²) < 4.78 is 39.2. The minimum atomic E-state index is -4.51. The van der Waals surface area contributed by atoms with Gasteiger partial charge in [-0.1, -0.05) is 18.2 Å². The van der Waals surface area contributed by atoms with Gasteiger partial charge in [0.1, 0.15) is 6.54 Å². The van der Waals surface area contributed by atoms with Crippen molar-refractivity contribution in [3.05, 3.63) is 78.0 Å². The highest BCUT2D eigenvalue weighted by Gasteiger charge is 2.28. The number of hydrogen-bond donors (Lipinski definition) is 2. The van der Waals surface area contributed by atoms with Crippen LogP contribution in [0.3, 0.4) is 0 Å². The average Bonchev–Trinajstić information content (AvgIpc) is 3.29. The fourth-order valence-corrected chi connectivity index (χ4v) is 3.82. The van der Waals surface area contributed by atoms with Crippen molar-refractivity contribution in [3.63, 3.8) is 0 Å². The molecule has 192 valence electrons. The molecule has 0 aliphatic heterocycles. The molecule has 0 saturated carbocycles. The molecule has 2 aromatic carbocycles. The Balaban J connectivity index is 1.54. The second-order valence-corrected chi connectivity index (χ2v) is 8.18. The number of pyridine rings is 1. The monoisotopic (exact) mass is 510 g/mol. The van der Waals surface area contributed by atoms with Crippen LogP contribution in [0.4, 0.5) is 24.8 Å². The number of amides is 2. The maximum absolute atomic E-state index is 12.5. The summed E-state index contributed by atoms with van der Waals surface area (Å²) in [6.07, 6.45) is -2.86. The van der Waals surface area contributed by atoms with E-state index in [9.17, 15) is 22.8 Å². The molecule has 0 atom stereocenters. The maximum Gasteiger partial charge on any atom is 0.405 e. The van der Waals surface area contributed by atoms with E-state index in [4.69, 9.17) is 0 Å². The van der Waals surface area contributed by atoms with Gasteiger partial charge in [0.2, 0.25) is 5.95 Å². The molecule has 8 nitrogen and oxygen atoms in total. The molecule has 2 aromatic heterocycles. The van der Waals surface area contributed by atoms with Crippen molar-refractivity contribution in [1.82, 2.24) is 24.8 Å². The smallest absolute Gasteiger partial charge is 0.343 e. The van der Waals surface area contributed by atoms with Crippen molar-refractivity contribution >= 4 is 29.1 Å². The Bertz CT molecular complexity index is 1410. The maximum atomic E-state index is 12.5. The number of carbonyl (C=O) groups is 2. The zero-order chi connectivity index (χ0) is 26.6. The average molecular weight is 511 g/mol. The van der Waals surface area contributed by atoms with Crippen LogP contribution < -0.4 is 10.6 Å². The lowest BCUT2D eigenvalue weighted by molar-refractivity contribution is -0.123. The van der Waals surface area contributed by atoms with Gasteiger partial charge in [-0.15, -0.1) is 5.10 Å². The highest BCUT2D eigenvalue weighted by Crippen LogP contribution is 2.25. The first-order valence-electron chi connectivity index (χ1n) is 11.7. The summed E-state index contributed by atoms with van der Waals surface area (Å²) >= 11 is 0. The third kappa shape index (κ3) is 6.05. The molecular weight excluding hydrogens is 485 g/mol. The van der Waals surface area contributed by atoms with E-state index in [2.05, 4.69) is 15.4 Å². The van der Waals surface area contributed by atoms with Gasteiger partial charge in [-0.05, 0) is 61.9 Å². The Morgan fingerprint density at radius 1 is 0.973 bits per heavy atom. The van der Waals surface area contributed by atoms with Crippen molar-refractivity contribution in [1.29, 1.82) is 0 Å². The molecule has 0 fully saturated rings. The molecule has 0 spiro atoms. The van der Waals surface area contributed by atoms with Gasteiger partial charge in [0.25, 0.3) is 11.8 Å². The number of rotatable bonds is 8. The Morgan fingerprint density at radius 2 is 1.68 bits per heavy atom. The molecular formula is C26H25F3N6O2. The van der Waals surface area contributed by atoms with Gasteiger partial charge in [0.15, 0.2) is 5.65 Å². The van der Waals surface area contributed by atoms with Gasteiger partial charge in [0, 0.05) is 41.7 Å². The molecule has 4 aromatic rings. The van der Waals surface area contributed by atoms with E-state index in [1.54, 1.807) is 65.7 Å². The molecule has 11 heteroatoms. The Hall–Kier alpha value is -4.41. The standard InChI is InChI=1S/C26H25F3N6O2/c1-3-34(4-2)24(37)17-9-12-19(13-10-17)31-25-32-22-14-11-18(15-35(22)33-25)20-7-5-6-8-21(20)23(36)30-16-26(27,28)29/h5-15H,3-4,16H2,1-2H3,(H,30,36)(H,31,33). The van der Waals surface area contributed by atoms with Crippen molar-refractivity contribution in [3.8, 4) is 11.1 Å². The summed E-state index contributed by atoms with van der Waals surface area (Å²) in [5.41, 5.74) is 2.96. The number of hydrogen-bond acceptors (Lipinski definition) is 5. The van der Waals surface area contributed by atoms with Crippen LogP contribution in [-0.4, -0.2) is 57.1 Å². The predicted octanol–water partition coefficient (Wildman–Crippen LogP) is 4.91. The number of nitrogens with zero attached hydrogens (tertiary/aromatic N) is 4. The number of nitrogens with one attached hydrogen (secondary N) is 2. The van der Waals surface area contributed by atoms with E-state index in [1.807, 2.05) is 19.2 Å². The van der Waals surface area contributed by atoms with Gasteiger partial charge in [0.05, 0.1) is 0 Å². The number of aromatic nitrogens is 3. The van der Waals surface area contributed by atoms with Crippen LogP contribution in [0.25, 0.3) is 16.8 Å². The summed E-state index contributed by atoms with van der Waals surface area (Å²) in [5.74, 6) is -0.546. The number of fused-ring (bicyclic) bond motifs is 1. The van der Waals surface area contributed by atoms with Crippen molar-refractivity contribution in [2.24, 2.45) is 0 Å². The predicted molar refractivity (Wildman–Crippen MR) is 134 cm³/mol. The summed E-state index contributed by atoms with van der Waals surface area (Å²) in [7, 11) is 0. The Kier molecular flexibility index (Phi) is 7.42. The summed E-state index contributed by atoms with van der Waals surface area (Å²) in [4.78, 5) is 31.1. The SMILES string of the molecule is CCN(CC)C(=O)c1ccc(Nc2nc3ccc(-c4ccccc4C(=O)NCC(F)(F)F)cn3n2)cc1.